The third-order valence-corrected chi connectivity index (χ3v) is 4.42. The summed E-state index contributed by atoms with van der Waals surface area (Å²) < 4.78 is 6.78. The van der Waals surface area contributed by atoms with Crippen LogP contribution in [0.2, 0.25) is 0 Å². The van der Waals surface area contributed by atoms with Gasteiger partial charge in [-0.25, -0.2) is 4.98 Å². The van der Waals surface area contributed by atoms with Gasteiger partial charge >= 0.3 is 0 Å². The van der Waals surface area contributed by atoms with Gasteiger partial charge in [0, 0.05) is 18.2 Å². The zero-order valence-corrected chi connectivity index (χ0v) is 14.5. The van der Waals surface area contributed by atoms with Gasteiger partial charge in [0.05, 0.1) is 30.8 Å². The molecule has 2 N–H and O–H groups in total. The number of rotatable bonds is 7. The molecule has 0 saturated carbocycles. The first-order valence-electron chi connectivity index (χ1n) is 8.79. The summed E-state index contributed by atoms with van der Waals surface area (Å²) in [5.74, 6) is -0.335. The number of aliphatic hydroxyl groups excluding tert-OH is 1. The molecule has 1 aromatic carbocycles. The number of hydrogen-bond acceptors (Lipinski definition) is 5. The molecule has 1 aliphatic rings. The van der Waals surface area contributed by atoms with E-state index in [0.29, 0.717) is 12.1 Å². The van der Waals surface area contributed by atoms with Gasteiger partial charge in [0.1, 0.15) is 6.54 Å². The molecule has 2 heterocycles. The van der Waals surface area contributed by atoms with Crippen molar-refractivity contribution in [2.45, 2.75) is 38.0 Å². The van der Waals surface area contributed by atoms with Crippen LogP contribution in [-0.4, -0.2) is 45.9 Å². The highest BCUT2D eigenvalue weighted by molar-refractivity contribution is 5.76. The fourth-order valence-electron chi connectivity index (χ4n) is 3.07. The van der Waals surface area contributed by atoms with Crippen molar-refractivity contribution in [3.05, 3.63) is 53.1 Å². The third-order valence-electron chi connectivity index (χ3n) is 4.42. The molecular weight excluding hydrogens is 334 g/mol. The molecule has 138 valence electrons. The molecule has 0 aliphatic carbocycles. The van der Waals surface area contributed by atoms with Crippen LogP contribution >= 0.6 is 0 Å². The summed E-state index contributed by atoms with van der Waals surface area (Å²) in [5.41, 5.74) is 1.12. The molecule has 2 aromatic rings. The summed E-state index contributed by atoms with van der Waals surface area (Å²) in [6.07, 6.45) is 3.96. The summed E-state index contributed by atoms with van der Waals surface area (Å²) >= 11 is 0. The van der Waals surface area contributed by atoms with Gasteiger partial charge in [-0.1, -0.05) is 30.3 Å². The van der Waals surface area contributed by atoms with E-state index in [1.54, 1.807) is 0 Å². The van der Waals surface area contributed by atoms with E-state index >= 15 is 0 Å². The van der Waals surface area contributed by atoms with Crippen molar-refractivity contribution in [2.75, 3.05) is 13.2 Å². The van der Waals surface area contributed by atoms with Crippen LogP contribution in [0, 0.1) is 0 Å². The lowest BCUT2D eigenvalue weighted by molar-refractivity contribution is -0.123. The molecule has 1 fully saturated rings. The van der Waals surface area contributed by atoms with E-state index in [2.05, 4.69) is 10.3 Å². The third kappa shape index (κ3) is 4.77. The Hall–Kier alpha value is -2.51. The van der Waals surface area contributed by atoms with Gasteiger partial charge in [0.15, 0.2) is 0 Å². The number of benzene rings is 1. The van der Waals surface area contributed by atoms with E-state index in [0.717, 1.165) is 25.0 Å². The van der Waals surface area contributed by atoms with Gasteiger partial charge in [0.2, 0.25) is 5.91 Å². The first kappa shape index (κ1) is 18.3. The Bertz CT molecular complexity index is 785. The molecule has 2 atom stereocenters. The first-order valence-corrected chi connectivity index (χ1v) is 8.79. The Kier molecular flexibility index (Phi) is 6.14. The molecular formula is C19H23N3O4. The van der Waals surface area contributed by atoms with Crippen LogP contribution in [0.25, 0.3) is 11.3 Å². The summed E-state index contributed by atoms with van der Waals surface area (Å²) in [6, 6.07) is 10.4. The Morgan fingerprint density at radius 3 is 2.85 bits per heavy atom. The fourth-order valence-corrected chi connectivity index (χ4v) is 3.07. The molecule has 7 nitrogen and oxygen atoms in total. The molecule has 1 saturated heterocycles. The zero-order chi connectivity index (χ0) is 18.4. The average molecular weight is 357 g/mol. The number of hydrogen-bond donors (Lipinski definition) is 2. The van der Waals surface area contributed by atoms with Gasteiger partial charge in [0.25, 0.3) is 5.56 Å². The lowest BCUT2D eigenvalue weighted by Gasteiger charge is -2.20. The van der Waals surface area contributed by atoms with Crippen molar-refractivity contribution >= 4 is 5.91 Å². The van der Waals surface area contributed by atoms with Gasteiger partial charge in [-0.3, -0.25) is 14.2 Å². The van der Waals surface area contributed by atoms with Gasteiger partial charge < -0.3 is 15.2 Å². The van der Waals surface area contributed by atoms with Gasteiger partial charge in [-0.2, -0.15) is 0 Å². The Morgan fingerprint density at radius 1 is 1.38 bits per heavy atom. The maximum atomic E-state index is 12.3. The second-order valence-corrected chi connectivity index (χ2v) is 6.42. The standard InChI is InChI=1S/C19H23N3O4/c23-12-15(9-16-7-4-8-26-16)21-18(24)11-22-13-20-17(10-19(22)25)14-5-2-1-3-6-14/h1-3,5-6,10,13,15-16,23H,4,7-9,11-12H2,(H,21,24). The summed E-state index contributed by atoms with van der Waals surface area (Å²) in [5, 5.41) is 12.2. The number of aromatic nitrogens is 2. The Balaban J connectivity index is 1.60. The molecule has 7 heteroatoms. The molecule has 0 bridgehead atoms. The quantitative estimate of drug-likeness (QED) is 0.770. The molecule has 26 heavy (non-hydrogen) atoms. The van der Waals surface area contributed by atoms with Crippen LogP contribution in [0.15, 0.2) is 47.5 Å². The van der Waals surface area contributed by atoms with Crippen molar-refractivity contribution < 1.29 is 14.6 Å². The van der Waals surface area contributed by atoms with Crippen LogP contribution in [-0.2, 0) is 16.1 Å². The zero-order valence-electron chi connectivity index (χ0n) is 14.5. The smallest absolute Gasteiger partial charge is 0.254 e. The van der Waals surface area contributed by atoms with E-state index in [1.807, 2.05) is 30.3 Å². The predicted molar refractivity (Wildman–Crippen MR) is 96.5 cm³/mol. The van der Waals surface area contributed by atoms with Crippen molar-refractivity contribution in [1.82, 2.24) is 14.9 Å². The Labute approximate surface area is 151 Å². The lowest BCUT2D eigenvalue weighted by Crippen LogP contribution is -2.42. The minimum Gasteiger partial charge on any atom is -0.394 e. The van der Waals surface area contributed by atoms with Crippen LogP contribution in [0.5, 0.6) is 0 Å². The molecule has 1 aromatic heterocycles. The van der Waals surface area contributed by atoms with E-state index in [1.165, 1.54) is 17.0 Å². The van der Waals surface area contributed by atoms with E-state index in [4.69, 9.17) is 4.74 Å². The minimum atomic E-state index is -0.377. The largest absolute Gasteiger partial charge is 0.394 e. The van der Waals surface area contributed by atoms with Crippen LogP contribution in [0.4, 0.5) is 0 Å². The highest BCUT2D eigenvalue weighted by atomic mass is 16.5. The molecule has 0 spiro atoms. The van der Waals surface area contributed by atoms with E-state index in [-0.39, 0.29) is 36.8 Å². The topological polar surface area (TPSA) is 93.5 Å². The number of carbonyl (C=O) groups excluding carboxylic acids is 1. The average Bonchev–Trinajstić information content (AvgIpc) is 3.16. The summed E-state index contributed by atoms with van der Waals surface area (Å²) in [4.78, 5) is 28.7. The maximum absolute atomic E-state index is 12.3. The van der Waals surface area contributed by atoms with Gasteiger partial charge in [-0.05, 0) is 19.3 Å². The fraction of sp³-hybridized carbons (Fsp3) is 0.421. The second-order valence-electron chi connectivity index (χ2n) is 6.42. The number of amides is 1. The highest BCUT2D eigenvalue weighted by Crippen LogP contribution is 2.17. The van der Waals surface area contributed by atoms with Crippen molar-refractivity contribution in [3.63, 3.8) is 0 Å². The first-order chi connectivity index (χ1) is 12.7. The SMILES string of the molecule is O=C(Cn1cnc(-c2ccccc2)cc1=O)NC(CO)CC1CCCO1. The molecule has 2 unspecified atom stereocenters. The minimum absolute atomic E-state index is 0.0713. The van der Waals surface area contributed by atoms with Crippen molar-refractivity contribution in [3.8, 4) is 11.3 Å². The van der Waals surface area contributed by atoms with Crippen LogP contribution < -0.4 is 10.9 Å². The van der Waals surface area contributed by atoms with E-state index in [9.17, 15) is 14.7 Å². The second kappa shape index (κ2) is 8.73. The number of carbonyl (C=O) groups is 1. The Morgan fingerprint density at radius 2 is 2.19 bits per heavy atom. The number of ether oxygens (including phenoxy) is 1. The molecule has 0 radical (unpaired) electrons. The monoisotopic (exact) mass is 357 g/mol. The molecule has 1 amide bonds. The lowest BCUT2D eigenvalue weighted by atomic mass is 10.1. The number of nitrogens with zero attached hydrogens (tertiary/aromatic N) is 2. The number of aliphatic hydroxyl groups is 1. The normalized spacial score (nSPS) is 17.8. The van der Waals surface area contributed by atoms with Crippen LogP contribution in [0.3, 0.4) is 0 Å². The van der Waals surface area contributed by atoms with E-state index < -0.39 is 0 Å². The predicted octanol–water partition coefficient (Wildman–Crippen LogP) is 0.956. The van der Waals surface area contributed by atoms with Crippen molar-refractivity contribution in [1.29, 1.82) is 0 Å². The summed E-state index contributed by atoms with van der Waals surface area (Å²) in [7, 11) is 0. The maximum Gasteiger partial charge on any atom is 0.254 e. The molecule has 3 rings (SSSR count). The van der Waals surface area contributed by atoms with Crippen molar-refractivity contribution in [2.24, 2.45) is 0 Å². The summed E-state index contributed by atoms with van der Waals surface area (Å²) in [6.45, 7) is 0.431. The molecule has 1 aliphatic heterocycles. The number of nitrogens with one attached hydrogen (secondary N) is 1. The van der Waals surface area contributed by atoms with Gasteiger partial charge in [-0.15, -0.1) is 0 Å². The van der Waals surface area contributed by atoms with Crippen LogP contribution in [0.1, 0.15) is 19.3 Å². The highest BCUT2D eigenvalue weighted by Gasteiger charge is 2.21.